The Kier molecular flexibility index (Phi) is 8.37. The molecule has 9 rings (SSSR count). The Labute approximate surface area is 315 Å². The first-order valence-electron chi connectivity index (χ1n) is 18.8. The maximum absolute atomic E-state index is 17.1. The lowest BCUT2D eigenvalue weighted by atomic mass is 9.95. The Morgan fingerprint density at radius 2 is 1.95 bits per heavy atom. The van der Waals surface area contributed by atoms with Gasteiger partial charge in [-0.1, -0.05) is 25.8 Å². The maximum atomic E-state index is 17.1. The second kappa shape index (κ2) is 13.1. The third-order valence-electron chi connectivity index (χ3n) is 12.0. The van der Waals surface area contributed by atoms with Crippen LogP contribution in [0.25, 0.3) is 32.9 Å². The number of aromatic nitrogens is 6. The molecule has 15 heteroatoms. The SMILES string of the molecule is C#Cc1c(F)ccc2cc(O)cc(-c3ncc4c(N5CC[C@@]6(CCCN6C(=O)n6cnc(C(C)C)n6)C5)nc(OC[C@@]56CCCN5C[C@H](F)C6)nc4c3F)c12. The lowest BCUT2D eigenvalue weighted by Gasteiger charge is -2.34. The van der Waals surface area contributed by atoms with Crippen LogP contribution in [-0.4, -0.2) is 107 Å². The second-order valence-electron chi connectivity index (χ2n) is 15.7. The zero-order valence-corrected chi connectivity index (χ0v) is 30.6. The Hall–Kier alpha value is -5.49. The number of carbonyl (C=O) groups excluding carboxylic acids is 1. The number of phenolic OH excluding ortho intramolecular Hbond substituents is 1. The Balaban J connectivity index is 1.13. The number of likely N-dealkylation sites (tertiary alicyclic amines) is 1. The van der Waals surface area contributed by atoms with Gasteiger partial charge in [-0.05, 0) is 62.2 Å². The van der Waals surface area contributed by atoms with Gasteiger partial charge in [0.15, 0.2) is 11.6 Å². The molecule has 2 aromatic carbocycles. The van der Waals surface area contributed by atoms with Crippen molar-refractivity contribution in [3.05, 3.63) is 59.8 Å². The molecule has 4 fully saturated rings. The van der Waals surface area contributed by atoms with E-state index in [9.17, 15) is 18.7 Å². The van der Waals surface area contributed by atoms with Gasteiger partial charge >= 0.3 is 12.0 Å². The van der Waals surface area contributed by atoms with Gasteiger partial charge in [-0.2, -0.15) is 14.6 Å². The summed E-state index contributed by atoms with van der Waals surface area (Å²) in [6.07, 6.45) is 11.9. The topological polar surface area (TPSA) is 126 Å². The maximum Gasteiger partial charge on any atom is 0.346 e. The minimum atomic E-state index is -0.967. The van der Waals surface area contributed by atoms with Crippen LogP contribution in [0.2, 0.25) is 0 Å². The number of pyridine rings is 1. The molecule has 0 radical (unpaired) electrons. The Morgan fingerprint density at radius 3 is 2.75 bits per heavy atom. The number of benzene rings is 2. The second-order valence-corrected chi connectivity index (χ2v) is 15.7. The molecule has 284 valence electrons. The van der Waals surface area contributed by atoms with Crippen LogP contribution in [0.4, 0.5) is 23.8 Å². The van der Waals surface area contributed by atoms with Crippen molar-refractivity contribution in [1.29, 1.82) is 0 Å². The molecule has 0 saturated carbocycles. The molecule has 1 spiro atoms. The van der Waals surface area contributed by atoms with Crippen molar-refractivity contribution < 1.29 is 27.8 Å². The number of anilines is 1. The van der Waals surface area contributed by atoms with E-state index < -0.39 is 28.9 Å². The standard InChI is InChI=1S/C40H40F3N9O3/c1-4-27-30(42)8-7-24-15-26(53)16-28(31(24)27)33-32(43)34-29(18-44-33)36(47-37(46-34)55-21-40-10-5-12-50(40)19-25(41)17-40)49-14-11-39(20-49)9-6-13-51(39)38(54)52-22-45-35(48-52)23(2)3/h1,7-8,15-16,18,22-23,25,53H,5-6,9-14,17,19-21H2,2-3H3/t25-,39+,40+/m1/s1. The summed E-state index contributed by atoms with van der Waals surface area (Å²) >= 11 is 0. The molecule has 1 amide bonds. The van der Waals surface area contributed by atoms with Crippen molar-refractivity contribution in [2.24, 2.45) is 0 Å². The lowest BCUT2D eigenvalue weighted by molar-refractivity contribution is 0.107. The minimum Gasteiger partial charge on any atom is -0.508 e. The van der Waals surface area contributed by atoms with E-state index in [2.05, 4.69) is 30.9 Å². The summed E-state index contributed by atoms with van der Waals surface area (Å²) in [6.45, 7) is 6.63. The van der Waals surface area contributed by atoms with Crippen LogP contribution in [0.5, 0.6) is 11.8 Å². The predicted octanol–water partition coefficient (Wildman–Crippen LogP) is 6.19. The fourth-order valence-electron chi connectivity index (χ4n) is 9.37. The Morgan fingerprint density at radius 1 is 1.11 bits per heavy atom. The highest BCUT2D eigenvalue weighted by Crippen LogP contribution is 2.44. The highest BCUT2D eigenvalue weighted by atomic mass is 19.1. The highest BCUT2D eigenvalue weighted by molar-refractivity contribution is 6.03. The molecule has 1 N–H and O–H groups in total. The van der Waals surface area contributed by atoms with Gasteiger partial charge in [0.1, 0.15) is 47.7 Å². The molecule has 55 heavy (non-hydrogen) atoms. The van der Waals surface area contributed by atoms with E-state index in [1.54, 1.807) is 0 Å². The minimum absolute atomic E-state index is 0.0656. The number of terminal acetylenes is 1. The van der Waals surface area contributed by atoms with Crippen LogP contribution in [0, 0.1) is 24.0 Å². The summed E-state index contributed by atoms with van der Waals surface area (Å²) < 4.78 is 54.4. The van der Waals surface area contributed by atoms with Gasteiger partial charge in [-0.25, -0.2) is 22.9 Å². The predicted molar refractivity (Wildman–Crippen MR) is 199 cm³/mol. The summed E-state index contributed by atoms with van der Waals surface area (Å²) in [5.41, 5.74) is -1.32. The lowest BCUT2D eigenvalue weighted by Crippen LogP contribution is -2.50. The van der Waals surface area contributed by atoms with Crippen LogP contribution < -0.4 is 9.64 Å². The molecule has 0 unspecified atom stereocenters. The number of hydrogen-bond donors (Lipinski definition) is 1. The first kappa shape index (κ1) is 35.2. The molecule has 7 heterocycles. The van der Waals surface area contributed by atoms with Crippen LogP contribution in [0.1, 0.15) is 69.7 Å². The third kappa shape index (κ3) is 5.71. The number of amides is 1. The van der Waals surface area contributed by atoms with Crippen molar-refractivity contribution in [2.45, 2.75) is 75.5 Å². The molecule has 4 aliphatic heterocycles. The average Bonchev–Trinajstić information content (AvgIpc) is 4.01. The summed E-state index contributed by atoms with van der Waals surface area (Å²) in [5, 5.41) is 16.0. The van der Waals surface area contributed by atoms with Gasteiger partial charge in [0.2, 0.25) is 0 Å². The van der Waals surface area contributed by atoms with E-state index in [1.165, 1.54) is 41.5 Å². The number of rotatable bonds is 6. The van der Waals surface area contributed by atoms with Crippen LogP contribution >= 0.6 is 0 Å². The van der Waals surface area contributed by atoms with Gasteiger partial charge in [-0.3, -0.25) is 9.88 Å². The van der Waals surface area contributed by atoms with E-state index in [-0.39, 0.29) is 58.0 Å². The molecule has 4 saturated heterocycles. The van der Waals surface area contributed by atoms with Gasteiger partial charge in [0.25, 0.3) is 0 Å². The molecular formula is C40H40F3N9O3. The summed E-state index contributed by atoms with van der Waals surface area (Å²) in [4.78, 5) is 38.1. The smallest absolute Gasteiger partial charge is 0.346 e. The number of fused-ring (bicyclic) bond motifs is 3. The first-order valence-corrected chi connectivity index (χ1v) is 18.8. The van der Waals surface area contributed by atoms with Crippen molar-refractivity contribution in [2.75, 3.05) is 44.2 Å². The van der Waals surface area contributed by atoms with Crippen molar-refractivity contribution in [1.82, 2.24) is 39.5 Å². The fraction of sp³-hybridized carbons (Fsp3) is 0.450. The largest absolute Gasteiger partial charge is 0.508 e. The third-order valence-corrected chi connectivity index (χ3v) is 12.0. The van der Waals surface area contributed by atoms with Gasteiger partial charge in [0.05, 0.1) is 22.0 Å². The van der Waals surface area contributed by atoms with Gasteiger partial charge in [-0.15, -0.1) is 11.5 Å². The van der Waals surface area contributed by atoms with Crippen LogP contribution in [0.3, 0.4) is 0 Å². The van der Waals surface area contributed by atoms with Crippen molar-refractivity contribution >= 4 is 33.5 Å². The Bertz CT molecular complexity index is 2420. The van der Waals surface area contributed by atoms with E-state index in [0.717, 1.165) is 32.2 Å². The monoisotopic (exact) mass is 751 g/mol. The van der Waals surface area contributed by atoms with Crippen LogP contribution in [-0.2, 0) is 0 Å². The van der Waals surface area contributed by atoms with Crippen molar-refractivity contribution in [3.8, 4) is 35.4 Å². The molecule has 4 aliphatic rings. The number of alkyl halides is 1. The zero-order valence-electron chi connectivity index (χ0n) is 30.6. The number of phenols is 1. The van der Waals surface area contributed by atoms with Gasteiger partial charge in [0, 0.05) is 55.7 Å². The molecule has 0 bridgehead atoms. The van der Waals surface area contributed by atoms with Crippen molar-refractivity contribution in [3.63, 3.8) is 0 Å². The molecule has 3 aromatic heterocycles. The average molecular weight is 752 g/mol. The summed E-state index contributed by atoms with van der Waals surface area (Å²) in [7, 11) is 0. The molecule has 0 aliphatic carbocycles. The quantitative estimate of drug-likeness (QED) is 0.201. The van der Waals surface area contributed by atoms with E-state index >= 15 is 4.39 Å². The number of aromatic hydroxyl groups is 1. The molecular weight excluding hydrogens is 711 g/mol. The molecule has 12 nitrogen and oxygen atoms in total. The number of ether oxygens (including phenoxy) is 1. The summed E-state index contributed by atoms with van der Waals surface area (Å²) in [5.74, 6) is 1.71. The molecule has 3 atom stereocenters. The normalized spacial score (nSPS) is 23.8. The molecule has 5 aromatic rings. The summed E-state index contributed by atoms with van der Waals surface area (Å²) in [6, 6.07) is 5.05. The van der Waals surface area contributed by atoms with E-state index in [1.807, 2.05) is 23.6 Å². The van der Waals surface area contributed by atoms with Crippen LogP contribution in [0.15, 0.2) is 36.8 Å². The van der Waals surface area contributed by atoms with E-state index in [0.29, 0.717) is 61.4 Å². The fourth-order valence-corrected chi connectivity index (χ4v) is 9.37. The van der Waals surface area contributed by atoms with E-state index in [4.69, 9.17) is 16.1 Å². The number of halogens is 3. The number of carbonyl (C=O) groups is 1. The highest BCUT2D eigenvalue weighted by Gasteiger charge is 2.51. The van der Waals surface area contributed by atoms with Gasteiger partial charge < -0.3 is 19.6 Å². The number of hydrogen-bond acceptors (Lipinski definition) is 10. The number of nitrogens with zero attached hydrogens (tertiary/aromatic N) is 9. The zero-order chi connectivity index (χ0) is 38.2. The first-order chi connectivity index (χ1) is 26.5.